The third-order valence-corrected chi connectivity index (χ3v) is 7.40. The second-order valence-corrected chi connectivity index (χ2v) is 11.3. The number of nitrogens with zero attached hydrogens (tertiary/aromatic N) is 2. The number of benzene rings is 4. The van der Waals surface area contributed by atoms with Crippen molar-refractivity contribution in [2.24, 2.45) is 0 Å². The van der Waals surface area contributed by atoms with E-state index in [1.165, 1.54) is 0 Å². The topological polar surface area (TPSA) is 103 Å². The largest absolute Gasteiger partial charge is 2.00 e. The fourth-order valence-corrected chi connectivity index (χ4v) is 6.08. The summed E-state index contributed by atoms with van der Waals surface area (Å²) in [5.74, 6) is 1.03. The molecule has 0 atom stereocenters. The summed E-state index contributed by atoms with van der Waals surface area (Å²) in [7, 11) is 0. The van der Waals surface area contributed by atoms with Gasteiger partial charge in [-0.15, -0.1) is 0 Å². The SMILES string of the molecule is [Ni+2].[O-]c1c(Br)cc(Br)cc1-c1nc2ccccc2[nH]1.[O-]c1c(Br)cc(Br)cc1-c1nc2ccccc2[nH]1. The van der Waals surface area contributed by atoms with E-state index in [0.29, 0.717) is 31.7 Å². The van der Waals surface area contributed by atoms with E-state index in [2.05, 4.69) is 83.7 Å². The number of aromatic amines is 2. The predicted octanol–water partition coefficient (Wildman–Crippen LogP) is 7.65. The van der Waals surface area contributed by atoms with Crippen LogP contribution in [0, 0.1) is 0 Å². The molecule has 0 bridgehead atoms. The van der Waals surface area contributed by atoms with Crippen LogP contribution >= 0.6 is 63.7 Å². The maximum Gasteiger partial charge on any atom is 2.00 e. The molecule has 2 heterocycles. The second kappa shape index (κ2) is 11.7. The van der Waals surface area contributed by atoms with Gasteiger partial charge < -0.3 is 20.2 Å². The molecule has 11 heteroatoms. The first-order valence-corrected chi connectivity index (χ1v) is 13.7. The van der Waals surface area contributed by atoms with E-state index in [0.717, 1.165) is 31.0 Å². The summed E-state index contributed by atoms with van der Waals surface area (Å²) >= 11 is 13.3. The molecule has 188 valence electrons. The normalized spacial score (nSPS) is 10.7. The Labute approximate surface area is 255 Å². The molecular formula is C26H14Br4N4NiO2. The fourth-order valence-electron chi connectivity index (χ4n) is 3.63. The summed E-state index contributed by atoms with van der Waals surface area (Å²) < 4.78 is 2.72. The molecule has 2 N–H and O–H groups in total. The first-order valence-electron chi connectivity index (χ1n) is 10.5. The predicted molar refractivity (Wildman–Crippen MR) is 153 cm³/mol. The molecule has 0 radical (unpaired) electrons. The van der Waals surface area contributed by atoms with Crippen molar-refractivity contribution >= 4 is 85.8 Å². The van der Waals surface area contributed by atoms with Crippen molar-refractivity contribution < 1.29 is 26.7 Å². The molecular weight excluding hydrogens is 779 g/mol. The molecule has 0 aliphatic carbocycles. The first kappa shape index (κ1) is 27.9. The van der Waals surface area contributed by atoms with Gasteiger partial charge in [0.15, 0.2) is 0 Å². The molecule has 0 saturated heterocycles. The van der Waals surface area contributed by atoms with E-state index in [1.807, 2.05) is 48.5 Å². The Bertz CT molecular complexity index is 1540. The van der Waals surface area contributed by atoms with E-state index >= 15 is 0 Å². The monoisotopic (exact) mass is 788 g/mol. The van der Waals surface area contributed by atoms with Crippen LogP contribution in [0.5, 0.6) is 11.5 Å². The number of para-hydroxylation sites is 4. The van der Waals surface area contributed by atoms with E-state index in [4.69, 9.17) is 0 Å². The number of H-pyrrole nitrogens is 2. The standard InChI is InChI=1S/2C13H8Br2N2O.Ni/c2*14-7-5-8(12(18)9(15)6-7)13-16-10-3-1-2-4-11(10)17-13;/h2*1-6,18H,(H,16,17);/q;;+2/p-2. The van der Waals surface area contributed by atoms with Gasteiger partial charge in [0, 0.05) is 29.0 Å². The van der Waals surface area contributed by atoms with Crippen molar-refractivity contribution in [1.82, 2.24) is 19.9 Å². The van der Waals surface area contributed by atoms with Crippen molar-refractivity contribution in [1.29, 1.82) is 0 Å². The Morgan fingerprint density at radius 3 is 1.32 bits per heavy atom. The minimum Gasteiger partial charge on any atom is -0.871 e. The second-order valence-electron chi connectivity index (χ2n) is 7.73. The zero-order valence-corrected chi connectivity index (χ0v) is 25.8. The van der Waals surface area contributed by atoms with Gasteiger partial charge in [0.2, 0.25) is 0 Å². The Morgan fingerprint density at radius 2 is 0.946 bits per heavy atom. The molecule has 0 saturated carbocycles. The van der Waals surface area contributed by atoms with Crippen LogP contribution < -0.4 is 10.2 Å². The van der Waals surface area contributed by atoms with Crippen LogP contribution in [0.25, 0.3) is 44.8 Å². The van der Waals surface area contributed by atoms with Crippen LogP contribution in [0.15, 0.2) is 90.7 Å². The average Bonchev–Trinajstić information content (AvgIpc) is 3.48. The molecule has 0 fully saturated rings. The van der Waals surface area contributed by atoms with Crippen LogP contribution in [0.2, 0.25) is 0 Å². The number of rotatable bonds is 2. The third kappa shape index (κ3) is 5.96. The van der Waals surface area contributed by atoms with Crippen molar-refractivity contribution in [3.8, 4) is 34.3 Å². The van der Waals surface area contributed by atoms with Gasteiger partial charge in [-0.2, -0.15) is 0 Å². The molecule has 4 aromatic carbocycles. The molecule has 0 unspecified atom stereocenters. The summed E-state index contributed by atoms with van der Waals surface area (Å²) in [4.78, 5) is 15.2. The quantitative estimate of drug-likeness (QED) is 0.176. The Morgan fingerprint density at radius 1 is 0.568 bits per heavy atom. The maximum absolute atomic E-state index is 12.1. The smallest absolute Gasteiger partial charge is 0.871 e. The van der Waals surface area contributed by atoms with Crippen molar-refractivity contribution in [3.63, 3.8) is 0 Å². The zero-order chi connectivity index (χ0) is 25.4. The Kier molecular flexibility index (Phi) is 8.81. The van der Waals surface area contributed by atoms with Gasteiger partial charge in [-0.1, -0.05) is 99.5 Å². The number of hydrogen-bond acceptors (Lipinski definition) is 4. The number of imidazole rings is 2. The Hall–Kier alpha value is -2.17. The van der Waals surface area contributed by atoms with Crippen molar-refractivity contribution in [2.75, 3.05) is 0 Å². The van der Waals surface area contributed by atoms with E-state index in [9.17, 15) is 10.2 Å². The fraction of sp³-hybridized carbons (Fsp3) is 0. The maximum atomic E-state index is 12.1. The van der Waals surface area contributed by atoms with Crippen LogP contribution in [0.1, 0.15) is 0 Å². The molecule has 0 spiro atoms. The van der Waals surface area contributed by atoms with Gasteiger partial charge in [0.1, 0.15) is 11.6 Å². The number of hydrogen-bond donors (Lipinski definition) is 2. The van der Waals surface area contributed by atoms with E-state index in [1.54, 1.807) is 24.3 Å². The van der Waals surface area contributed by atoms with E-state index in [-0.39, 0.29) is 28.0 Å². The molecule has 0 amide bonds. The van der Waals surface area contributed by atoms with Crippen molar-refractivity contribution in [2.45, 2.75) is 0 Å². The molecule has 6 aromatic rings. The van der Waals surface area contributed by atoms with Gasteiger partial charge in [-0.25, -0.2) is 9.97 Å². The van der Waals surface area contributed by atoms with E-state index < -0.39 is 0 Å². The molecule has 0 aliphatic heterocycles. The van der Waals surface area contributed by atoms with Gasteiger partial charge in [0.05, 0.1) is 22.1 Å². The van der Waals surface area contributed by atoms with Crippen LogP contribution in [0.4, 0.5) is 0 Å². The summed E-state index contributed by atoms with van der Waals surface area (Å²) in [6, 6.07) is 22.4. The molecule has 37 heavy (non-hydrogen) atoms. The zero-order valence-electron chi connectivity index (χ0n) is 18.5. The summed E-state index contributed by atoms with van der Waals surface area (Å²) in [6.45, 7) is 0. The van der Waals surface area contributed by atoms with Crippen molar-refractivity contribution in [3.05, 3.63) is 90.7 Å². The molecule has 6 nitrogen and oxygen atoms in total. The van der Waals surface area contributed by atoms with Crippen LogP contribution in [0.3, 0.4) is 0 Å². The van der Waals surface area contributed by atoms with Gasteiger partial charge in [-0.3, -0.25) is 0 Å². The summed E-state index contributed by atoms with van der Waals surface area (Å²) in [5, 5.41) is 24.1. The number of halogens is 4. The van der Waals surface area contributed by atoms with Gasteiger partial charge in [-0.05, 0) is 48.5 Å². The van der Waals surface area contributed by atoms with Crippen LogP contribution in [-0.2, 0) is 16.5 Å². The summed E-state index contributed by atoms with van der Waals surface area (Å²) in [6.07, 6.45) is 0. The molecule has 0 aliphatic rings. The number of fused-ring (bicyclic) bond motifs is 2. The third-order valence-electron chi connectivity index (χ3n) is 5.31. The summed E-state index contributed by atoms with van der Waals surface area (Å²) in [5.41, 5.74) is 4.64. The minimum absolute atomic E-state index is 0. The average molecular weight is 793 g/mol. The van der Waals surface area contributed by atoms with Crippen LogP contribution in [-0.4, -0.2) is 19.9 Å². The van der Waals surface area contributed by atoms with Gasteiger partial charge in [0.25, 0.3) is 0 Å². The molecule has 2 aromatic heterocycles. The number of nitrogens with one attached hydrogen (secondary N) is 2. The first-order chi connectivity index (χ1) is 17.3. The Balaban J connectivity index is 0.000000168. The number of aromatic nitrogens is 4. The molecule has 6 rings (SSSR count). The minimum atomic E-state index is -0.0720. The van der Waals surface area contributed by atoms with Gasteiger partial charge >= 0.3 is 16.5 Å².